The minimum atomic E-state index is -0.881. The van der Waals surface area contributed by atoms with Crippen molar-refractivity contribution in [3.05, 3.63) is 18.0 Å². The summed E-state index contributed by atoms with van der Waals surface area (Å²) >= 11 is 0. The second-order valence-electron chi connectivity index (χ2n) is 4.14. The first kappa shape index (κ1) is 14.2. The number of amides is 1. The van der Waals surface area contributed by atoms with Crippen molar-refractivity contribution in [1.82, 2.24) is 14.7 Å². The molecular weight excluding hydrogens is 234 g/mol. The van der Waals surface area contributed by atoms with Crippen LogP contribution >= 0.6 is 0 Å². The molecule has 0 aliphatic rings. The second kappa shape index (κ2) is 6.78. The Bertz CT molecular complexity index is 414. The largest absolute Gasteiger partial charge is 0.481 e. The van der Waals surface area contributed by atoms with Crippen LogP contribution < -0.4 is 0 Å². The van der Waals surface area contributed by atoms with Crippen LogP contribution in [-0.2, 0) is 23.1 Å². The van der Waals surface area contributed by atoms with Gasteiger partial charge in [-0.3, -0.25) is 14.3 Å². The first-order valence-electron chi connectivity index (χ1n) is 6.00. The van der Waals surface area contributed by atoms with Crippen molar-refractivity contribution in [3.63, 3.8) is 0 Å². The van der Waals surface area contributed by atoms with Gasteiger partial charge in [-0.1, -0.05) is 0 Å². The predicted molar refractivity (Wildman–Crippen MR) is 66.0 cm³/mol. The summed E-state index contributed by atoms with van der Waals surface area (Å²) < 4.78 is 1.70. The molecule has 0 aliphatic carbocycles. The van der Waals surface area contributed by atoms with E-state index in [0.717, 1.165) is 5.56 Å². The van der Waals surface area contributed by atoms with Crippen molar-refractivity contribution in [3.8, 4) is 0 Å². The van der Waals surface area contributed by atoms with E-state index in [1.165, 1.54) is 0 Å². The molecule has 6 heteroatoms. The number of nitrogens with zero attached hydrogens (tertiary/aromatic N) is 3. The van der Waals surface area contributed by atoms with Gasteiger partial charge in [0.1, 0.15) is 0 Å². The first-order chi connectivity index (χ1) is 8.52. The lowest BCUT2D eigenvalue weighted by Crippen LogP contribution is -2.32. The smallest absolute Gasteiger partial charge is 0.305 e. The number of aliphatic carboxylic acids is 1. The lowest BCUT2D eigenvalue weighted by atomic mass is 10.2. The van der Waals surface area contributed by atoms with Crippen LogP contribution in [0.25, 0.3) is 0 Å². The molecule has 100 valence electrons. The standard InChI is InChI=1S/C12H19N3O3/c1-3-15(7-6-12(17)18)11(16)5-4-10-8-13-14(2)9-10/h8-9H,3-7H2,1-2H3,(H,17,18). The second-order valence-corrected chi connectivity index (χ2v) is 4.14. The van der Waals surface area contributed by atoms with Gasteiger partial charge in [0.05, 0.1) is 12.6 Å². The maximum Gasteiger partial charge on any atom is 0.305 e. The summed E-state index contributed by atoms with van der Waals surface area (Å²) in [5.74, 6) is -0.892. The van der Waals surface area contributed by atoms with Crippen LogP contribution in [0.15, 0.2) is 12.4 Å². The molecule has 0 aliphatic heterocycles. The normalized spacial score (nSPS) is 10.3. The Hall–Kier alpha value is -1.85. The summed E-state index contributed by atoms with van der Waals surface area (Å²) in [4.78, 5) is 23.9. The molecule has 0 unspecified atom stereocenters. The fourth-order valence-corrected chi connectivity index (χ4v) is 1.70. The van der Waals surface area contributed by atoms with Crippen LogP contribution in [0.1, 0.15) is 25.3 Å². The zero-order valence-corrected chi connectivity index (χ0v) is 10.8. The van der Waals surface area contributed by atoms with Crippen molar-refractivity contribution < 1.29 is 14.7 Å². The van der Waals surface area contributed by atoms with Crippen LogP contribution in [0.4, 0.5) is 0 Å². The number of rotatable bonds is 7. The highest BCUT2D eigenvalue weighted by Gasteiger charge is 2.13. The first-order valence-corrected chi connectivity index (χ1v) is 6.00. The lowest BCUT2D eigenvalue weighted by molar-refractivity contribution is -0.138. The van der Waals surface area contributed by atoms with Crippen molar-refractivity contribution in [2.45, 2.75) is 26.2 Å². The molecule has 0 bridgehead atoms. The van der Waals surface area contributed by atoms with Gasteiger partial charge >= 0.3 is 5.97 Å². The topological polar surface area (TPSA) is 75.4 Å². The summed E-state index contributed by atoms with van der Waals surface area (Å²) in [6.07, 6.45) is 4.63. The highest BCUT2D eigenvalue weighted by atomic mass is 16.4. The predicted octanol–water partition coefficient (Wildman–Crippen LogP) is 0.676. The third-order valence-corrected chi connectivity index (χ3v) is 2.72. The van der Waals surface area contributed by atoms with Crippen LogP contribution in [0.5, 0.6) is 0 Å². The highest BCUT2D eigenvalue weighted by Crippen LogP contribution is 2.04. The fraction of sp³-hybridized carbons (Fsp3) is 0.583. The van der Waals surface area contributed by atoms with E-state index in [9.17, 15) is 9.59 Å². The number of carbonyl (C=O) groups is 2. The van der Waals surface area contributed by atoms with Crippen LogP contribution in [-0.4, -0.2) is 44.8 Å². The number of carbonyl (C=O) groups excluding carboxylic acids is 1. The quantitative estimate of drug-likeness (QED) is 0.775. The number of carboxylic acids is 1. The van der Waals surface area contributed by atoms with Crippen molar-refractivity contribution in [2.75, 3.05) is 13.1 Å². The molecule has 0 saturated carbocycles. The molecule has 0 fully saturated rings. The van der Waals surface area contributed by atoms with Gasteiger partial charge in [-0.25, -0.2) is 0 Å². The van der Waals surface area contributed by atoms with Gasteiger partial charge in [-0.15, -0.1) is 0 Å². The van der Waals surface area contributed by atoms with Crippen LogP contribution in [0, 0.1) is 0 Å². The fourth-order valence-electron chi connectivity index (χ4n) is 1.70. The number of aromatic nitrogens is 2. The Morgan fingerprint density at radius 3 is 2.67 bits per heavy atom. The lowest BCUT2D eigenvalue weighted by Gasteiger charge is -2.19. The SMILES string of the molecule is CCN(CCC(=O)O)C(=O)CCc1cnn(C)c1. The van der Waals surface area contributed by atoms with E-state index in [1.54, 1.807) is 15.8 Å². The number of hydrogen-bond donors (Lipinski definition) is 1. The number of carboxylic acid groups (broad SMARTS) is 1. The molecule has 1 amide bonds. The Labute approximate surface area is 106 Å². The van der Waals surface area contributed by atoms with Crippen molar-refractivity contribution >= 4 is 11.9 Å². The van der Waals surface area contributed by atoms with Gasteiger partial charge in [0.15, 0.2) is 0 Å². The van der Waals surface area contributed by atoms with Gasteiger partial charge in [-0.05, 0) is 18.9 Å². The zero-order valence-electron chi connectivity index (χ0n) is 10.8. The van der Waals surface area contributed by atoms with E-state index in [4.69, 9.17) is 5.11 Å². The molecule has 1 heterocycles. The number of aryl methyl sites for hydroxylation is 2. The maximum atomic E-state index is 11.9. The zero-order chi connectivity index (χ0) is 13.5. The van der Waals surface area contributed by atoms with Crippen LogP contribution in [0.2, 0.25) is 0 Å². The molecule has 0 atom stereocenters. The summed E-state index contributed by atoms with van der Waals surface area (Å²) in [6, 6.07) is 0. The van der Waals surface area contributed by atoms with Gasteiger partial charge < -0.3 is 10.0 Å². The Morgan fingerprint density at radius 2 is 2.17 bits per heavy atom. The third-order valence-electron chi connectivity index (χ3n) is 2.72. The maximum absolute atomic E-state index is 11.9. The monoisotopic (exact) mass is 253 g/mol. The summed E-state index contributed by atoms with van der Waals surface area (Å²) in [6.45, 7) is 2.67. The molecule has 0 radical (unpaired) electrons. The molecule has 1 rings (SSSR count). The van der Waals surface area contributed by atoms with Gasteiger partial charge in [-0.2, -0.15) is 5.10 Å². The summed E-state index contributed by atoms with van der Waals surface area (Å²) in [5, 5.41) is 12.6. The molecular formula is C12H19N3O3. The molecule has 6 nitrogen and oxygen atoms in total. The molecule has 1 aromatic rings. The molecule has 0 aromatic carbocycles. The molecule has 0 saturated heterocycles. The summed E-state index contributed by atoms with van der Waals surface area (Å²) in [7, 11) is 1.83. The van der Waals surface area contributed by atoms with Crippen molar-refractivity contribution in [2.24, 2.45) is 7.05 Å². The molecule has 0 spiro atoms. The van der Waals surface area contributed by atoms with E-state index in [2.05, 4.69) is 5.10 Å². The molecule has 1 N–H and O–H groups in total. The van der Waals surface area contributed by atoms with E-state index in [1.807, 2.05) is 20.2 Å². The minimum absolute atomic E-state index is 0.00747. The third kappa shape index (κ3) is 4.57. The highest BCUT2D eigenvalue weighted by molar-refractivity contribution is 5.77. The number of hydrogen-bond acceptors (Lipinski definition) is 3. The Balaban J connectivity index is 2.39. The summed E-state index contributed by atoms with van der Waals surface area (Å²) in [5.41, 5.74) is 1.01. The van der Waals surface area contributed by atoms with Gasteiger partial charge in [0.25, 0.3) is 0 Å². The van der Waals surface area contributed by atoms with E-state index < -0.39 is 5.97 Å². The van der Waals surface area contributed by atoms with E-state index >= 15 is 0 Å². The average molecular weight is 253 g/mol. The average Bonchev–Trinajstić information content (AvgIpc) is 2.73. The molecule has 1 aromatic heterocycles. The Morgan fingerprint density at radius 1 is 1.44 bits per heavy atom. The van der Waals surface area contributed by atoms with E-state index in [-0.39, 0.29) is 18.9 Å². The van der Waals surface area contributed by atoms with Gasteiger partial charge in [0.2, 0.25) is 5.91 Å². The minimum Gasteiger partial charge on any atom is -0.481 e. The van der Waals surface area contributed by atoms with Crippen LogP contribution in [0.3, 0.4) is 0 Å². The Kier molecular flexibility index (Phi) is 5.35. The van der Waals surface area contributed by atoms with E-state index in [0.29, 0.717) is 19.4 Å². The molecule has 18 heavy (non-hydrogen) atoms. The van der Waals surface area contributed by atoms with Crippen molar-refractivity contribution in [1.29, 1.82) is 0 Å². The van der Waals surface area contributed by atoms with Gasteiger partial charge in [0, 0.05) is 32.8 Å².